The topological polar surface area (TPSA) is 94.9 Å². The molecule has 1 aliphatic rings. The van der Waals surface area contributed by atoms with Gasteiger partial charge in [0.25, 0.3) is 10.0 Å². The highest BCUT2D eigenvalue weighted by Crippen LogP contribution is 2.26. The van der Waals surface area contributed by atoms with Crippen molar-refractivity contribution in [3.8, 4) is 6.07 Å². The quantitative estimate of drug-likeness (QED) is 0.900. The number of fused-ring (bicyclic) bond motifs is 1. The third-order valence-electron chi connectivity index (χ3n) is 3.23. The fraction of sp³-hybridized carbons (Fsp3) is 0.143. The van der Waals surface area contributed by atoms with E-state index in [1.165, 1.54) is 18.3 Å². The first-order chi connectivity index (χ1) is 10.1. The minimum absolute atomic E-state index is 0.0279. The highest BCUT2D eigenvalue weighted by atomic mass is 32.2. The number of anilines is 2. The summed E-state index contributed by atoms with van der Waals surface area (Å²) in [7, 11) is -3.70. The van der Waals surface area contributed by atoms with Crippen molar-refractivity contribution < 1.29 is 8.42 Å². The second-order valence-electron chi connectivity index (χ2n) is 4.65. The molecule has 2 aromatic rings. The molecule has 0 unspecified atom stereocenters. The Hall–Kier alpha value is -2.59. The molecule has 1 aromatic carbocycles. The number of hydrogen-bond acceptors (Lipinski definition) is 5. The van der Waals surface area contributed by atoms with Crippen molar-refractivity contribution >= 4 is 21.4 Å². The molecule has 0 atom stereocenters. The van der Waals surface area contributed by atoms with Gasteiger partial charge in [0.2, 0.25) is 0 Å². The van der Waals surface area contributed by atoms with Crippen LogP contribution >= 0.6 is 0 Å². The number of nitriles is 1. The SMILES string of the molecule is N#Cc1ccc(S(=O)(=O)Nc2ccc3c(c2)CCN3)cn1. The molecule has 0 saturated heterocycles. The van der Waals surface area contributed by atoms with E-state index in [1.54, 1.807) is 6.07 Å². The second kappa shape index (κ2) is 5.07. The smallest absolute Gasteiger partial charge is 0.263 e. The van der Waals surface area contributed by atoms with Crippen molar-refractivity contribution in [1.29, 1.82) is 5.26 Å². The summed E-state index contributed by atoms with van der Waals surface area (Å²) in [4.78, 5) is 3.80. The number of aromatic nitrogens is 1. The predicted molar refractivity (Wildman–Crippen MR) is 78.4 cm³/mol. The van der Waals surface area contributed by atoms with Crippen LogP contribution in [0.15, 0.2) is 41.4 Å². The molecule has 1 aliphatic heterocycles. The van der Waals surface area contributed by atoms with Crippen LogP contribution < -0.4 is 10.0 Å². The fourth-order valence-corrected chi connectivity index (χ4v) is 3.18. The number of benzene rings is 1. The Morgan fingerprint density at radius 3 is 2.86 bits per heavy atom. The Kier molecular flexibility index (Phi) is 3.23. The third kappa shape index (κ3) is 2.66. The van der Waals surface area contributed by atoms with Gasteiger partial charge in [-0.3, -0.25) is 4.72 Å². The normalized spacial score (nSPS) is 13.1. The van der Waals surface area contributed by atoms with E-state index in [1.807, 2.05) is 18.2 Å². The monoisotopic (exact) mass is 300 g/mol. The molecule has 1 aromatic heterocycles. The molecule has 0 amide bonds. The predicted octanol–water partition coefficient (Wildman–Crippen LogP) is 1.72. The zero-order valence-corrected chi connectivity index (χ0v) is 11.8. The number of sulfonamides is 1. The first kappa shape index (κ1) is 13.4. The molecular weight excluding hydrogens is 288 g/mol. The average molecular weight is 300 g/mol. The molecule has 3 rings (SSSR count). The molecular formula is C14H12N4O2S. The number of rotatable bonds is 3. The highest BCUT2D eigenvalue weighted by Gasteiger charge is 2.16. The molecule has 0 aliphatic carbocycles. The van der Waals surface area contributed by atoms with E-state index < -0.39 is 10.0 Å². The van der Waals surface area contributed by atoms with Crippen molar-refractivity contribution in [2.75, 3.05) is 16.6 Å². The third-order valence-corrected chi connectivity index (χ3v) is 4.59. The van der Waals surface area contributed by atoms with Crippen LogP contribution in [-0.4, -0.2) is 19.9 Å². The minimum atomic E-state index is -3.70. The Labute approximate surface area is 122 Å². The van der Waals surface area contributed by atoms with Gasteiger partial charge >= 0.3 is 0 Å². The van der Waals surface area contributed by atoms with Crippen LogP contribution in [0.25, 0.3) is 0 Å². The second-order valence-corrected chi connectivity index (χ2v) is 6.33. The van der Waals surface area contributed by atoms with E-state index >= 15 is 0 Å². The van der Waals surface area contributed by atoms with Crippen LogP contribution in [0, 0.1) is 11.3 Å². The van der Waals surface area contributed by atoms with Gasteiger partial charge in [-0.2, -0.15) is 5.26 Å². The molecule has 0 fully saturated rings. The molecule has 106 valence electrons. The van der Waals surface area contributed by atoms with Gasteiger partial charge in [0.15, 0.2) is 0 Å². The lowest BCUT2D eigenvalue weighted by Crippen LogP contribution is -2.13. The largest absolute Gasteiger partial charge is 0.384 e. The summed E-state index contributed by atoms with van der Waals surface area (Å²) >= 11 is 0. The first-order valence-corrected chi connectivity index (χ1v) is 7.82. The number of nitrogens with one attached hydrogen (secondary N) is 2. The van der Waals surface area contributed by atoms with E-state index in [9.17, 15) is 8.42 Å². The maximum absolute atomic E-state index is 12.3. The van der Waals surface area contributed by atoms with E-state index in [0.29, 0.717) is 5.69 Å². The zero-order chi connectivity index (χ0) is 14.9. The average Bonchev–Trinajstić information content (AvgIpc) is 2.94. The zero-order valence-electron chi connectivity index (χ0n) is 11.0. The molecule has 0 bridgehead atoms. The van der Waals surface area contributed by atoms with Crippen LogP contribution in [0.4, 0.5) is 11.4 Å². The lowest BCUT2D eigenvalue weighted by molar-refractivity contribution is 0.601. The number of nitrogens with zero attached hydrogens (tertiary/aromatic N) is 2. The molecule has 6 nitrogen and oxygen atoms in total. The van der Waals surface area contributed by atoms with Gasteiger partial charge in [0, 0.05) is 24.1 Å². The van der Waals surface area contributed by atoms with Crippen LogP contribution in [0.1, 0.15) is 11.3 Å². The summed E-state index contributed by atoms with van der Waals surface area (Å²) in [5, 5.41) is 11.9. The molecule has 21 heavy (non-hydrogen) atoms. The number of pyridine rings is 1. The van der Waals surface area contributed by atoms with Crippen molar-refractivity contribution in [2.24, 2.45) is 0 Å². The van der Waals surface area contributed by atoms with Crippen molar-refractivity contribution in [3.63, 3.8) is 0 Å². The van der Waals surface area contributed by atoms with E-state index in [-0.39, 0.29) is 10.6 Å². The highest BCUT2D eigenvalue weighted by molar-refractivity contribution is 7.92. The van der Waals surface area contributed by atoms with Gasteiger partial charge in [-0.15, -0.1) is 0 Å². The van der Waals surface area contributed by atoms with Crippen LogP contribution in [-0.2, 0) is 16.4 Å². The van der Waals surface area contributed by atoms with E-state index in [4.69, 9.17) is 5.26 Å². The van der Waals surface area contributed by atoms with Gasteiger partial charge < -0.3 is 5.32 Å². The summed E-state index contributed by atoms with van der Waals surface area (Å²) < 4.78 is 27.0. The maximum Gasteiger partial charge on any atom is 0.263 e. The minimum Gasteiger partial charge on any atom is -0.384 e. The van der Waals surface area contributed by atoms with Crippen LogP contribution in [0.2, 0.25) is 0 Å². The summed E-state index contributed by atoms with van der Waals surface area (Å²) in [6.45, 7) is 0.866. The van der Waals surface area contributed by atoms with Crippen LogP contribution in [0.5, 0.6) is 0 Å². The Morgan fingerprint density at radius 1 is 1.29 bits per heavy atom. The summed E-state index contributed by atoms with van der Waals surface area (Å²) in [6.07, 6.45) is 2.05. The van der Waals surface area contributed by atoms with Gasteiger partial charge in [0.05, 0.1) is 0 Å². The summed E-state index contributed by atoms with van der Waals surface area (Å²) in [5.41, 5.74) is 2.82. The Balaban J connectivity index is 1.87. The molecule has 7 heteroatoms. The van der Waals surface area contributed by atoms with Crippen molar-refractivity contribution in [2.45, 2.75) is 11.3 Å². The molecule has 0 spiro atoms. The molecule has 2 heterocycles. The Morgan fingerprint density at radius 2 is 2.14 bits per heavy atom. The standard InChI is InChI=1S/C14H12N4O2S/c15-8-12-1-3-13(9-17-12)21(19,20)18-11-2-4-14-10(7-11)5-6-16-14/h1-4,7,9,16,18H,5-6H2. The van der Waals surface area contributed by atoms with Gasteiger partial charge in [-0.25, -0.2) is 13.4 Å². The summed E-state index contributed by atoms with van der Waals surface area (Å²) in [6, 6.07) is 9.99. The Bertz CT molecular complexity index is 823. The van der Waals surface area contributed by atoms with Gasteiger partial charge in [0.1, 0.15) is 16.7 Å². The first-order valence-electron chi connectivity index (χ1n) is 6.34. The molecule has 2 N–H and O–H groups in total. The van der Waals surface area contributed by atoms with Crippen molar-refractivity contribution in [3.05, 3.63) is 47.8 Å². The van der Waals surface area contributed by atoms with Crippen LogP contribution in [0.3, 0.4) is 0 Å². The molecule has 0 saturated carbocycles. The van der Waals surface area contributed by atoms with E-state index in [0.717, 1.165) is 24.2 Å². The lowest BCUT2D eigenvalue weighted by atomic mass is 10.1. The fourth-order valence-electron chi connectivity index (χ4n) is 2.19. The number of hydrogen-bond donors (Lipinski definition) is 2. The van der Waals surface area contributed by atoms with Crippen molar-refractivity contribution in [1.82, 2.24) is 4.98 Å². The summed E-state index contributed by atoms with van der Waals surface area (Å²) in [5.74, 6) is 0. The van der Waals surface area contributed by atoms with E-state index in [2.05, 4.69) is 15.0 Å². The maximum atomic E-state index is 12.3. The van der Waals surface area contributed by atoms with Gasteiger partial charge in [-0.1, -0.05) is 0 Å². The molecule has 0 radical (unpaired) electrons. The van der Waals surface area contributed by atoms with Gasteiger partial charge in [-0.05, 0) is 42.3 Å². The lowest BCUT2D eigenvalue weighted by Gasteiger charge is -2.09.